The van der Waals surface area contributed by atoms with Crippen molar-refractivity contribution < 1.29 is 15.0 Å². The third-order valence-corrected chi connectivity index (χ3v) is 5.33. The molecule has 0 aromatic heterocycles. The average molecular weight is 330 g/mol. The fourth-order valence-electron chi connectivity index (χ4n) is 3.53. The highest BCUT2D eigenvalue weighted by Gasteiger charge is 2.39. The molecule has 0 spiro atoms. The Kier molecular flexibility index (Phi) is 4.04. The minimum atomic E-state index is -0.569. The number of hydrogen-bond acceptors (Lipinski definition) is 3. The number of benzene rings is 1. The molecular weight excluding hydrogens is 313 g/mol. The maximum atomic E-state index is 11.9. The molecule has 21 heavy (non-hydrogen) atoms. The van der Waals surface area contributed by atoms with Crippen molar-refractivity contribution in [1.82, 2.24) is 4.90 Å². The van der Waals surface area contributed by atoms with Crippen molar-refractivity contribution in [2.45, 2.75) is 43.7 Å². The van der Waals surface area contributed by atoms with Gasteiger partial charge in [-0.05, 0) is 37.3 Å². The molecule has 4 nitrogen and oxygen atoms in total. The summed E-state index contributed by atoms with van der Waals surface area (Å²) in [6.07, 6.45) is 1.66. The lowest BCUT2D eigenvalue weighted by Crippen LogP contribution is -2.51. The van der Waals surface area contributed by atoms with Crippen molar-refractivity contribution in [3.63, 3.8) is 0 Å². The second-order valence-corrected chi connectivity index (χ2v) is 6.64. The predicted octanol–water partition coefficient (Wildman–Crippen LogP) is 2.93. The van der Waals surface area contributed by atoms with E-state index >= 15 is 0 Å². The molecule has 1 aromatic carbocycles. The van der Waals surface area contributed by atoms with E-state index in [2.05, 4.69) is 0 Å². The van der Waals surface area contributed by atoms with Crippen molar-refractivity contribution in [3.8, 4) is 5.75 Å². The number of carbonyl (C=O) groups is 1. The van der Waals surface area contributed by atoms with Gasteiger partial charge in [-0.15, -0.1) is 0 Å². The molecule has 1 amide bonds. The van der Waals surface area contributed by atoms with Crippen LogP contribution in [0.2, 0.25) is 10.0 Å². The van der Waals surface area contributed by atoms with Gasteiger partial charge in [-0.3, -0.25) is 4.79 Å². The molecule has 0 saturated carbocycles. The Morgan fingerprint density at radius 2 is 2.00 bits per heavy atom. The van der Waals surface area contributed by atoms with E-state index in [4.69, 9.17) is 23.2 Å². The number of hydrogen-bond donors (Lipinski definition) is 2. The zero-order valence-electron chi connectivity index (χ0n) is 11.4. The summed E-state index contributed by atoms with van der Waals surface area (Å²) in [6, 6.07) is 3.14. The Bertz CT molecular complexity index is 578. The van der Waals surface area contributed by atoms with E-state index in [1.807, 2.05) is 4.90 Å². The third-order valence-electron chi connectivity index (χ3n) is 4.51. The van der Waals surface area contributed by atoms with Gasteiger partial charge in [0.25, 0.3) is 0 Å². The Morgan fingerprint density at radius 3 is 2.76 bits per heavy atom. The molecule has 2 fully saturated rings. The summed E-state index contributed by atoms with van der Waals surface area (Å²) in [5.74, 6) is 0.208. The van der Waals surface area contributed by atoms with E-state index in [0.717, 1.165) is 6.42 Å². The summed E-state index contributed by atoms with van der Waals surface area (Å²) < 4.78 is 0. The molecule has 3 atom stereocenters. The van der Waals surface area contributed by atoms with Crippen LogP contribution in [0.3, 0.4) is 0 Å². The lowest BCUT2D eigenvalue weighted by atomic mass is 9.81. The number of halogens is 2. The van der Waals surface area contributed by atoms with Gasteiger partial charge < -0.3 is 15.1 Å². The van der Waals surface area contributed by atoms with Crippen LogP contribution in [0.5, 0.6) is 5.75 Å². The molecular formula is C15H17Cl2NO3. The summed E-state index contributed by atoms with van der Waals surface area (Å²) in [7, 11) is 0. The van der Waals surface area contributed by atoms with Gasteiger partial charge in [0.2, 0.25) is 5.91 Å². The van der Waals surface area contributed by atoms with Crippen LogP contribution in [0.15, 0.2) is 12.1 Å². The number of piperidine rings is 2. The van der Waals surface area contributed by atoms with E-state index in [0.29, 0.717) is 35.0 Å². The molecule has 2 saturated heterocycles. The molecule has 2 aliphatic heterocycles. The van der Waals surface area contributed by atoms with Crippen LogP contribution in [0.1, 0.15) is 37.2 Å². The zero-order valence-corrected chi connectivity index (χ0v) is 12.9. The molecule has 2 unspecified atom stereocenters. The zero-order chi connectivity index (χ0) is 15.1. The highest BCUT2D eigenvalue weighted by Crippen LogP contribution is 2.44. The van der Waals surface area contributed by atoms with E-state index < -0.39 is 6.10 Å². The lowest BCUT2D eigenvalue weighted by molar-refractivity contribution is -0.143. The van der Waals surface area contributed by atoms with Crippen LogP contribution in [0, 0.1) is 0 Å². The molecule has 2 heterocycles. The summed E-state index contributed by atoms with van der Waals surface area (Å²) in [4.78, 5) is 13.8. The number of amides is 1. The van der Waals surface area contributed by atoms with Gasteiger partial charge in [0, 0.05) is 18.2 Å². The van der Waals surface area contributed by atoms with Gasteiger partial charge in [0.1, 0.15) is 5.75 Å². The number of fused-ring (bicyclic) bond motifs is 1. The number of aromatic hydroxyl groups is 1. The van der Waals surface area contributed by atoms with Crippen molar-refractivity contribution in [2.75, 3.05) is 6.54 Å². The first-order chi connectivity index (χ1) is 9.97. The van der Waals surface area contributed by atoms with Gasteiger partial charge in [0.15, 0.2) is 0 Å². The second-order valence-electron chi connectivity index (χ2n) is 5.85. The number of aliphatic hydroxyl groups excluding tert-OH is 1. The van der Waals surface area contributed by atoms with Crippen LogP contribution in [-0.2, 0) is 4.79 Å². The number of aliphatic hydroxyl groups is 1. The summed E-state index contributed by atoms with van der Waals surface area (Å²) >= 11 is 12.3. The number of carbonyl (C=O) groups excluding carboxylic acids is 1. The first kappa shape index (κ1) is 14.9. The maximum absolute atomic E-state index is 11.9. The van der Waals surface area contributed by atoms with Crippen molar-refractivity contribution in [3.05, 3.63) is 27.7 Å². The highest BCUT2D eigenvalue weighted by molar-refractivity contribution is 6.42. The average Bonchev–Trinajstić information content (AvgIpc) is 2.43. The largest absolute Gasteiger partial charge is 0.508 e. The maximum Gasteiger partial charge on any atom is 0.225 e. The van der Waals surface area contributed by atoms with Crippen LogP contribution >= 0.6 is 23.2 Å². The summed E-state index contributed by atoms with van der Waals surface area (Å²) in [5.41, 5.74) is 0.663. The van der Waals surface area contributed by atoms with Crippen molar-refractivity contribution in [1.29, 1.82) is 0 Å². The molecule has 6 heteroatoms. The van der Waals surface area contributed by atoms with Gasteiger partial charge in [-0.2, -0.15) is 0 Å². The normalized spacial score (nSPS) is 29.4. The molecule has 0 aliphatic carbocycles. The van der Waals surface area contributed by atoms with Gasteiger partial charge >= 0.3 is 0 Å². The summed E-state index contributed by atoms with van der Waals surface area (Å²) in [6.45, 7) is 0.628. The lowest BCUT2D eigenvalue weighted by Gasteiger charge is -2.44. The fraction of sp³-hybridized carbons (Fsp3) is 0.533. The summed E-state index contributed by atoms with van der Waals surface area (Å²) in [5, 5.41) is 20.7. The Balaban J connectivity index is 1.86. The standard InChI is InChI=1S/C15H17Cl2NO3/c16-11-1-2-12(20)14(15(11)17)8-3-4-18-9(5-8)6-10(19)7-13(18)21/h1-2,8-10,19-20H,3-7H2/t8?,9-,10?/m0/s1. The number of phenolic OH excluding ortho intramolecular Hbond substituents is 1. The third kappa shape index (κ3) is 2.72. The molecule has 1 aromatic rings. The molecule has 3 rings (SSSR count). The molecule has 0 radical (unpaired) electrons. The second kappa shape index (κ2) is 5.67. The Labute approximate surface area is 133 Å². The van der Waals surface area contributed by atoms with Crippen molar-refractivity contribution in [2.24, 2.45) is 0 Å². The molecule has 2 N–H and O–H groups in total. The molecule has 114 valence electrons. The quantitative estimate of drug-likeness (QED) is 0.832. The van der Waals surface area contributed by atoms with E-state index in [9.17, 15) is 15.0 Å². The minimum Gasteiger partial charge on any atom is -0.508 e. The topological polar surface area (TPSA) is 60.8 Å². The monoisotopic (exact) mass is 329 g/mol. The van der Waals surface area contributed by atoms with Crippen molar-refractivity contribution >= 4 is 29.1 Å². The smallest absolute Gasteiger partial charge is 0.225 e. The minimum absolute atomic E-state index is 0.00875. The van der Waals surface area contributed by atoms with Crippen LogP contribution in [0.25, 0.3) is 0 Å². The predicted molar refractivity (Wildman–Crippen MR) is 80.8 cm³/mol. The number of nitrogens with zero attached hydrogens (tertiary/aromatic N) is 1. The molecule has 2 aliphatic rings. The van der Waals surface area contributed by atoms with Crippen LogP contribution in [-0.4, -0.2) is 39.7 Å². The van der Waals surface area contributed by atoms with Gasteiger partial charge in [-0.25, -0.2) is 0 Å². The first-order valence-electron chi connectivity index (χ1n) is 7.11. The SMILES string of the molecule is O=C1CC(O)C[C@@H]2CC(c3c(O)ccc(Cl)c3Cl)CCN12. The van der Waals surface area contributed by atoms with Gasteiger partial charge in [-0.1, -0.05) is 23.2 Å². The molecule has 0 bridgehead atoms. The number of rotatable bonds is 1. The fourth-order valence-corrected chi connectivity index (χ4v) is 4.00. The number of phenols is 1. The van der Waals surface area contributed by atoms with E-state index in [-0.39, 0.29) is 30.0 Å². The van der Waals surface area contributed by atoms with Crippen LogP contribution in [0.4, 0.5) is 0 Å². The van der Waals surface area contributed by atoms with E-state index in [1.165, 1.54) is 0 Å². The Morgan fingerprint density at radius 1 is 1.24 bits per heavy atom. The van der Waals surface area contributed by atoms with E-state index in [1.54, 1.807) is 12.1 Å². The van der Waals surface area contributed by atoms with Gasteiger partial charge in [0.05, 0.1) is 22.6 Å². The van der Waals surface area contributed by atoms with Crippen LogP contribution < -0.4 is 0 Å². The Hall–Kier alpha value is -0.970. The highest BCUT2D eigenvalue weighted by atomic mass is 35.5. The first-order valence-corrected chi connectivity index (χ1v) is 7.87.